The maximum Gasteiger partial charge on any atom is 0.337 e. The largest absolute Gasteiger partial charge is 0.495 e. The van der Waals surface area contributed by atoms with Crippen molar-refractivity contribution in [2.45, 2.75) is 32.2 Å². The number of carbonyl (C=O) groups excluding carboxylic acids is 3. The zero-order valence-corrected chi connectivity index (χ0v) is 23.4. The number of rotatable bonds is 9. The molecule has 1 aliphatic heterocycles. The predicted molar refractivity (Wildman–Crippen MR) is 156 cm³/mol. The van der Waals surface area contributed by atoms with Crippen molar-refractivity contribution in [3.63, 3.8) is 0 Å². The van der Waals surface area contributed by atoms with Crippen molar-refractivity contribution in [3.05, 3.63) is 83.4 Å². The number of anilines is 3. The summed E-state index contributed by atoms with van der Waals surface area (Å²) in [6.45, 7) is 3.33. The van der Waals surface area contributed by atoms with E-state index < -0.39 is 0 Å². The second-order valence-electron chi connectivity index (χ2n) is 9.91. The maximum atomic E-state index is 13.3. The molecule has 0 spiro atoms. The van der Waals surface area contributed by atoms with Crippen LogP contribution in [0, 0.1) is 6.92 Å². The van der Waals surface area contributed by atoms with Gasteiger partial charge in [-0.05, 0) is 73.4 Å². The first-order valence-corrected chi connectivity index (χ1v) is 13.3. The molecule has 1 heterocycles. The van der Waals surface area contributed by atoms with Crippen LogP contribution in [-0.4, -0.2) is 63.2 Å². The van der Waals surface area contributed by atoms with E-state index in [-0.39, 0.29) is 30.4 Å². The summed E-state index contributed by atoms with van der Waals surface area (Å²) in [5, 5.41) is 5.67. The number of amides is 3. The van der Waals surface area contributed by atoms with Crippen molar-refractivity contribution in [3.8, 4) is 5.75 Å². The first-order chi connectivity index (χ1) is 19.3. The van der Waals surface area contributed by atoms with Gasteiger partial charge in [-0.25, -0.2) is 9.59 Å². The number of hydrogen-bond acceptors (Lipinski definition) is 6. The minimum Gasteiger partial charge on any atom is -0.495 e. The SMILES string of the molecule is COC(=O)c1ccc(N(C)CC2CCCN2C(=O)Cc2ccc(NC(=O)Nc3ccccc3C)c(OC)c2)cc1. The first-order valence-electron chi connectivity index (χ1n) is 13.3. The Morgan fingerprint density at radius 3 is 2.40 bits per heavy atom. The number of carbonyl (C=O) groups is 3. The van der Waals surface area contributed by atoms with E-state index in [0.29, 0.717) is 30.1 Å². The quantitative estimate of drug-likeness (QED) is 0.364. The number of likely N-dealkylation sites (tertiary alicyclic amines) is 1. The van der Waals surface area contributed by atoms with Gasteiger partial charge < -0.3 is 29.9 Å². The van der Waals surface area contributed by atoms with Gasteiger partial charge >= 0.3 is 12.0 Å². The topological polar surface area (TPSA) is 100 Å². The summed E-state index contributed by atoms with van der Waals surface area (Å²) < 4.78 is 10.3. The van der Waals surface area contributed by atoms with Crippen LogP contribution in [-0.2, 0) is 16.0 Å². The number of nitrogens with zero attached hydrogens (tertiary/aromatic N) is 2. The summed E-state index contributed by atoms with van der Waals surface area (Å²) in [7, 11) is 4.89. The lowest BCUT2D eigenvalue weighted by Crippen LogP contribution is -2.43. The van der Waals surface area contributed by atoms with Crippen LogP contribution in [0.1, 0.15) is 34.3 Å². The Balaban J connectivity index is 1.36. The first kappa shape index (κ1) is 28.5. The van der Waals surface area contributed by atoms with Gasteiger partial charge in [-0.15, -0.1) is 0 Å². The average molecular weight is 545 g/mol. The van der Waals surface area contributed by atoms with Crippen LogP contribution in [0.3, 0.4) is 0 Å². The van der Waals surface area contributed by atoms with Crippen molar-refractivity contribution in [2.75, 3.05) is 49.9 Å². The lowest BCUT2D eigenvalue weighted by Gasteiger charge is -2.30. The monoisotopic (exact) mass is 544 g/mol. The molecule has 40 heavy (non-hydrogen) atoms. The Kier molecular flexibility index (Phi) is 9.27. The normalized spacial score (nSPS) is 14.4. The number of benzene rings is 3. The van der Waals surface area contributed by atoms with Crippen molar-refractivity contribution in [1.29, 1.82) is 0 Å². The summed E-state index contributed by atoms with van der Waals surface area (Å²) in [6, 6.07) is 19.9. The molecular weight excluding hydrogens is 508 g/mol. The number of hydrogen-bond donors (Lipinski definition) is 2. The number of urea groups is 1. The number of para-hydroxylation sites is 1. The molecule has 0 aliphatic carbocycles. The molecule has 4 rings (SSSR count). The van der Waals surface area contributed by atoms with Gasteiger partial charge in [0.15, 0.2) is 0 Å². The van der Waals surface area contributed by atoms with E-state index in [1.165, 1.54) is 14.2 Å². The Hall–Kier alpha value is -4.53. The molecule has 0 bridgehead atoms. The van der Waals surface area contributed by atoms with Gasteiger partial charge in [-0.2, -0.15) is 0 Å². The van der Waals surface area contributed by atoms with E-state index in [0.717, 1.165) is 35.3 Å². The summed E-state index contributed by atoms with van der Waals surface area (Å²) in [5.41, 5.74) is 4.48. The summed E-state index contributed by atoms with van der Waals surface area (Å²) >= 11 is 0. The molecule has 1 atom stereocenters. The number of esters is 1. The van der Waals surface area contributed by atoms with Crippen molar-refractivity contribution in [2.24, 2.45) is 0 Å². The predicted octanol–water partition coefficient (Wildman–Crippen LogP) is 5.10. The van der Waals surface area contributed by atoms with Gasteiger partial charge in [-0.1, -0.05) is 24.3 Å². The smallest absolute Gasteiger partial charge is 0.337 e. The van der Waals surface area contributed by atoms with Crippen molar-refractivity contribution < 1.29 is 23.9 Å². The lowest BCUT2D eigenvalue weighted by molar-refractivity contribution is -0.131. The van der Waals surface area contributed by atoms with E-state index in [2.05, 4.69) is 15.5 Å². The summed E-state index contributed by atoms with van der Waals surface area (Å²) in [4.78, 5) is 41.7. The second kappa shape index (κ2) is 13.0. The molecule has 1 unspecified atom stereocenters. The van der Waals surface area contributed by atoms with Crippen molar-refractivity contribution >= 4 is 35.0 Å². The summed E-state index contributed by atoms with van der Waals surface area (Å²) in [6.07, 6.45) is 2.12. The minimum absolute atomic E-state index is 0.0528. The molecule has 3 aromatic carbocycles. The van der Waals surface area contributed by atoms with Crippen LogP contribution in [0.2, 0.25) is 0 Å². The van der Waals surface area contributed by atoms with Crippen LogP contribution in [0.25, 0.3) is 0 Å². The Labute approximate surface area is 235 Å². The molecule has 210 valence electrons. The van der Waals surface area contributed by atoms with Crippen LogP contribution < -0.4 is 20.3 Å². The Bertz CT molecular complexity index is 1360. The molecule has 9 nitrogen and oxygen atoms in total. The average Bonchev–Trinajstić information content (AvgIpc) is 3.43. The van der Waals surface area contributed by atoms with E-state index in [4.69, 9.17) is 9.47 Å². The highest BCUT2D eigenvalue weighted by molar-refractivity contribution is 6.01. The molecule has 3 amide bonds. The molecule has 0 saturated carbocycles. The number of likely N-dealkylation sites (N-methyl/N-ethyl adjacent to an activating group) is 1. The third-order valence-corrected chi connectivity index (χ3v) is 7.17. The van der Waals surface area contributed by atoms with Crippen LogP contribution >= 0.6 is 0 Å². The second-order valence-corrected chi connectivity index (χ2v) is 9.91. The van der Waals surface area contributed by atoms with Crippen LogP contribution in [0.4, 0.5) is 21.9 Å². The third-order valence-electron chi connectivity index (χ3n) is 7.17. The molecule has 9 heteroatoms. The van der Waals surface area contributed by atoms with E-state index in [1.54, 1.807) is 24.3 Å². The minimum atomic E-state index is -0.375. The molecule has 0 aromatic heterocycles. The molecule has 1 saturated heterocycles. The highest BCUT2D eigenvalue weighted by atomic mass is 16.5. The zero-order chi connectivity index (χ0) is 28.6. The fourth-order valence-electron chi connectivity index (χ4n) is 4.96. The highest BCUT2D eigenvalue weighted by Gasteiger charge is 2.29. The van der Waals surface area contributed by atoms with E-state index in [9.17, 15) is 14.4 Å². The van der Waals surface area contributed by atoms with Gasteiger partial charge in [0.25, 0.3) is 0 Å². The summed E-state index contributed by atoms with van der Waals surface area (Å²) in [5.74, 6) is 0.170. The third kappa shape index (κ3) is 6.91. The molecule has 1 aliphatic rings. The molecule has 2 N–H and O–H groups in total. The fourth-order valence-corrected chi connectivity index (χ4v) is 4.96. The van der Waals surface area contributed by atoms with Gasteiger partial charge in [0.2, 0.25) is 5.91 Å². The lowest BCUT2D eigenvalue weighted by atomic mass is 10.1. The fraction of sp³-hybridized carbons (Fsp3) is 0.323. The number of nitrogens with one attached hydrogen (secondary N) is 2. The number of aryl methyl sites for hydroxylation is 1. The standard InChI is InChI=1S/C31H36N4O5/c1-21-8-5-6-10-26(21)32-31(38)33-27-16-11-22(18-28(27)39-3)19-29(36)35-17-7-9-25(35)20-34(2)24-14-12-23(13-15-24)30(37)40-4/h5-6,8,10-16,18,25H,7,9,17,19-20H2,1-4H3,(H2,32,33,38). The van der Waals surface area contributed by atoms with Crippen LogP contribution in [0.15, 0.2) is 66.7 Å². The number of ether oxygens (including phenoxy) is 2. The Morgan fingerprint density at radius 2 is 1.70 bits per heavy atom. The van der Waals surface area contributed by atoms with Crippen LogP contribution in [0.5, 0.6) is 5.75 Å². The maximum absolute atomic E-state index is 13.3. The van der Waals surface area contributed by atoms with Gasteiger partial charge in [0.05, 0.1) is 31.9 Å². The highest BCUT2D eigenvalue weighted by Crippen LogP contribution is 2.28. The Morgan fingerprint density at radius 1 is 0.975 bits per heavy atom. The molecule has 1 fully saturated rings. The zero-order valence-electron chi connectivity index (χ0n) is 23.4. The van der Waals surface area contributed by atoms with Gasteiger partial charge in [0, 0.05) is 37.6 Å². The van der Waals surface area contributed by atoms with Gasteiger partial charge in [0.1, 0.15) is 5.75 Å². The number of methoxy groups -OCH3 is 2. The van der Waals surface area contributed by atoms with Gasteiger partial charge in [-0.3, -0.25) is 4.79 Å². The molecule has 0 radical (unpaired) electrons. The van der Waals surface area contributed by atoms with E-state index >= 15 is 0 Å². The molecule has 3 aromatic rings. The van der Waals surface area contributed by atoms with Crippen molar-refractivity contribution in [1.82, 2.24) is 4.90 Å². The van der Waals surface area contributed by atoms with E-state index in [1.807, 2.05) is 61.3 Å². The molecular formula is C31H36N4O5.